The molecule has 12 aromatic heterocycles. The van der Waals surface area contributed by atoms with Gasteiger partial charge in [-0.15, -0.1) is 0 Å². The van der Waals surface area contributed by atoms with Crippen LogP contribution in [0.1, 0.15) is 162 Å². The number of aromatic nitrogens is 10. The van der Waals surface area contributed by atoms with Gasteiger partial charge in [-0.3, -0.25) is 72.8 Å². The molecule has 0 saturated carbocycles. The number of ether oxygens (including phenoxy) is 1. The molecule has 12 aromatic rings. The summed E-state index contributed by atoms with van der Waals surface area (Å²) in [4.78, 5) is 111. The van der Waals surface area contributed by atoms with Gasteiger partial charge in [-0.05, 0) is 174 Å². The SMILES string of the molecule is COc1c(CNC(=O)c2cc3c(-c4ccc(N)nc4)ccn3c(C(C)N3CCN(CC(F)(F)F)CC3)c2C)c(=O)[nH]n1C.Cc1[nH]c(=O)c(CNC(=O)c2cc3c(-c4ccc(N)nc4)ccn3c(C(C)N3CCN(CC(F)(F)F)CC3)c2C)c2c1CN(CC(C)C)CC2.Cc1cc(C(F)(F)F)c(CNC(=O)c2cc3c(-c4ccc(N)nc4)ccn3c(C(C)N3CCN(CC(F)(F)F)CC3)c2C)c(=O)[nH]1. The maximum absolute atomic E-state index is 14.1. The highest BCUT2D eigenvalue weighted by Gasteiger charge is 2.41. The molecule has 42 heteroatoms. The van der Waals surface area contributed by atoms with Crippen molar-refractivity contribution in [2.45, 2.75) is 145 Å². The summed E-state index contributed by atoms with van der Waals surface area (Å²) in [5.74, 6) is 0.564. The van der Waals surface area contributed by atoms with Crippen molar-refractivity contribution < 1.29 is 71.8 Å². The van der Waals surface area contributed by atoms with Crippen LogP contribution in [0.2, 0.25) is 0 Å². The number of nitrogen functional groups attached to an aromatic ring is 3. The van der Waals surface area contributed by atoms with Crippen molar-refractivity contribution in [2.75, 3.05) is 136 Å². The van der Waals surface area contributed by atoms with Crippen LogP contribution in [0.3, 0.4) is 0 Å². The van der Waals surface area contributed by atoms with E-state index >= 15 is 0 Å². The second kappa shape index (κ2) is 41.7. The van der Waals surface area contributed by atoms with E-state index in [0.717, 1.165) is 105 Å². The molecule has 30 nitrogen and oxygen atoms in total. The van der Waals surface area contributed by atoms with Crippen LogP contribution in [0.15, 0.2) is 130 Å². The number of nitrogens with two attached hydrogens (primary N) is 3. The average Bonchev–Trinajstić information content (AvgIpc) is 1.63. The molecule has 139 heavy (non-hydrogen) atoms. The minimum atomic E-state index is -4.81. The fourth-order valence-corrected chi connectivity index (χ4v) is 19.7. The van der Waals surface area contributed by atoms with Gasteiger partial charge in [0.1, 0.15) is 17.5 Å². The monoisotopic (exact) mass is 1940 g/mol. The molecule has 0 spiro atoms. The molecule has 0 aliphatic carbocycles. The summed E-state index contributed by atoms with van der Waals surface area (Å²) in [6.45, 7) is 22.3. The number of anilines is 3. The maximum Gasteiger partial charge on any atom is 0.417 e. The predicted octanol–water partition coefficient (Wildman–Crippen LogP) is 13.3. The van der Waals surface area contributed by atoms with Crippen molar-refractivity contribution in [3.63, 3.8) is 0 Å². The van der Waals surface area contributed by atoms with E-state index in [1.807, 2.05) is 110 Å². The van der Waals surface area contributed by atoms with Crippen molar-refractivity contribution in [3.05, 3.63) is 242 Å². The standard InChI is InChI=1S/C37H47F3N8O2.C31H33F6N7O2.C29H35F3N8O3/c1-22(2)19-46-10-8-28-30(36(50)44-24(4)31(28)20-46)18-43-35(49)29-16-32-27(26-6-7-33(41)42-17-26)9-11-48(32)34(23(29)3)25(5)47-14-12-45(13-15-47)21-37(38,39)40;1-17-12-24(31(35,36)37)23(29(46)41-17)15-40-28(45)22-13-25-21(20-4-5-26(38)39-14-20)6-7-44(25)27(18(22)2)19(3)43-10-8-42(9-11-43)16-30(32,33)34;1-17-21(26(41)35-15-22-27(42)36-37(3)28(22)43-4)13-23-20(19-5-6-24(33)34-14-19)7-8-40(23)25(17)18(2)39-11-9-38(10-12-39)16-29(30,31)32/h6-7,9,11,16-17,22,25H,8,10,12-15,18-21H2,1-5H3,(H2,41,42)(H,43,49)(H,44,50);4-7,12-14,19H,8-11,15-16H2,1-3H3,(H2,38,39)(H,40,45)(H,41,46);5-8,13-14,18H,9-12,15-16H2,1-4H3,(H2,33,34)(H,35,41)(H,36,42). The molecule has 3 saturated heterocycles. The number of pyridine rings is 8. The molecule has 3 amide bonds. The molecular weight excluding hydrogens is 1830 g/mol. The Labute approximate surface area is 792 Å². The predicted molar refractivity (Wildman–Crippen MR) is 505 cm³/mol. The third-order valence-electron chi connectivity index (χ3n) is 26.6. The zero-order chi connectivity index (χ0) is 101. The zero-order valence-corrected chi connectivity index (χ0v) is 79.2. The first-order valence-electron chi connectivity index (χ1n) is 45.7. The normalized spacial score (nSPS) is 16.2. The van der Waals surface area contributed by atoms with Gasteiger partial charge in [0.2, 0.25) is 5.88 Å². The number of halogens is 12. The highest BCUT2D eigenvalue weighted by Crippen LogP contribution is 2.41. The molecule has 744 valence electrons. The lowest BCUT2D eigenvalue weighted by atomic mass is 9.93. The third kappa shape index (κ3) is 23.3. The summed E-state index contributed by atoms with van der Waals surface area (Å²) >= 11 is 0. The van der Waals surface area contributed by atoms with Gasteiger partial charge >= 0.3 is 24.7 Å². The quantitative estimate of drug-likeness (QED) is 0.0254. The van der Waals surface area contributed by atoms with E-state index in [-0.39, 0.29) is 91.6 Å². The van der Waals surface area contributed by atoms with Crippen LogP contribution in [-0.2, 0) is 45.8 Å². The van der Waals surface area contributed by atoms with E-state index in [4.69, 9.17) is 21.9 Å². The van der Waals surface area contributed by atoms with Gasteiger partial charge in [0.05, 0.1) is 61.0 Å². The van der Waals surface area contributed by atoms with Crippen LogP contribution in [0.25, 0.3) is 49.9 Å². The fourth-order valence-electron chi connectivity index (χ4n) is 19.7. The van der Waals surface area contributed by atoms with Crippen molar-refractivity contribution in [1.29, 1.82) is 0 Å². The molecule has 12 N–H and O–H groups in total. The molecule has 0 bridgehead atoms. The Morgan fingerprint density at radius 1 is 0.446 bits per heavy atom. The Morgan fingerprint density at radius 2 is 0.799 bits per heavy atom. The largest absolute Gasteiger partial charge is 0.481 e. The minimum absolute atomic E-state index is 0.0319. The van der Waals surface area contributed by atoms with E-state index in [0.29, 0.717) is 132 Å². The molecule has 3 unspecified atom stereocenters. The van der Waals surface area contributed by atoms with Gasteiger partial charge in [0.25, 0.3) is 34.4 Å². The third-order valence-corrected chi connectivity index (χ3v) is 26.6. The number of hydrogen-bond acceptors (Lipinski definition) is 20. The highest BCUT2D eigenvalue weighted by molar-refractivity contribution is 6.01. The van der Waals surface area contributed by atoms with E-state index in [1.165, 1.54) is 33.4 Å². The van der Waals surface area contributed by atoms with Gasteiger partial charge < -0.3 is 61.1 Å². The summed E-state index contributed by atoms with van der Waals surface area (Å²) in [7, 11) is 3.09. The van der Waals surface area contributed by atoms with E-state index in [2.05, 4.69) is 78.9 Å². The van der Waals surface area contributed by atoms with Crippen LogP contribution in [0.5, 0.6) is 5.88 Å². The molecule has 3 fully saturated rings. The summed E-state index contributed by atoms with van der Waals surface area (Å²) < 4.78 is 171. The molecule has 16 rings (SSSR count). The smallest absolute Gasteiger partial charge is 0.417 e. The first-order chi connectivity index (χ1) is 65.6. The number of carbonyl (C=O) groups is 3. The summed E-state index contributed by atoms with van der Waals surface area (Å²) in [6, 6.07) is 21.7. The Bertz CT molecular complexity index is 6670. The fraction of sp³-hybridized carbons (Fsp3) is 0.433. The zero-order valence-electron chi connectivity index (χ0n) is 79.2. The van der Waals surface area contributed by atoms with Gasteiger partial charge in [-0.25, -0.2) is 15.0 Å². The Kier molecular flexibility index (Phi) is 30.6. The average molecular weight is 1940 g/mol. The Hall–Kier alpha value is -12.9. The number of alkyl halides is 12. The molecule has 4 aliphatic heterocycles. The number of nitrogens with zero attached hydrogens (tertiary/aromatic N) is 14. The number of rotatable bonds is 24. The molecule has 0 aromatic carbocycles. The number of carbonyl (C=O) groups excluding carboxylic acids is 3. The molecule has 4 aliphatic rings. The molecule has 0 radical (unpaired) electrons. The second-order valence-electron chi connectivity index (χ2n) is 36.5. The summed E-state index contributed by atoms with van der Waals surface area (Å²) in [6.07, 6.45) is -6.21. The molecular formula is C97H115F12N23O7. The van der Waals surface area contributed by atoms with E-state index < -0.39 is 73.5 Å². The number of nitrogens with one attached hydrogen (secondary N) is 6. The van der Waals surface area contributed by atoms with Gasteiger partial charge in [0.15, 0.2) is 0 Å². The number of aryl methyl sites for hydroxylation is 3. The molecule has 3 atom stereocenters. The number of hydrogen-bond donors (Lipinski definition) is 9. The van der Waals surface area contributed by atoms with Crippen LogP contribution in [0, 0.1) is 40.5 Å². The first-order valence-corrected chi connectivity index (χ1v) is 45.7. The lowest BCUT2D eigenvalue weighted by Crippen LogP contribution is -2.49. The van der Waals surface area contributed by atoms with Crippen molar-refractivity contribution >= 4 is 51.7 Å². The summed E-state index contributed by atoms with van der Waals surface area (Å²) in [5.41, 5.74) is 30.5. The van der Waals surface area contributed by atoms with Gasteiger partial charge in [-0.1, -0.05) is 13.8 Å². The van der Waals surface area contributed by atoms with E-state index in [1.54, 1.807) is 69.0 Å². The Balaban J connectivity index is 0.000000167. The van der Waals surface area contributed by atoms with Crippen molar-refractivity contribution in [1.82, 2.24) is 98.2 Å². The van der Waals surface area contributed by atoms with Crippen molar-refractivity contribution in [3.8, 4) is 39.3 Å². The van der Waals surface area contributed by atoms with E-state index in [9.17, 15) is 81.5 Å². The number of amides is 3. The maximum atomic E-state index is 14.1. The Morgan fingerprint density at radius 3 is 1.13 bits per heavy atom. The highest BCUT2D eigenvalue weighted by atomic mass is 19.4. The van der Waals surface area contributed by atoms with Crippen LogP contribution >= 0.6 is 0 Å². The number of fused-ring (bicyclic) bond motifs is 4. The lowest BCUT2D eigenvalue weighted by Gasteiger charge is -2.39. The van der Waals surface area contributed by atoms with Gasteiger partial charge in [-0.2, -0.15) is 52.7 Å². The van der Waals surface area contributed by atoms with Crippen LogP contribution in [0.4, 0.5) is 70.1 Å². The number of methoxy groups -OCH3 is 1. The topological polar surface area (TPSA) is 353 Å². The van der Waals surface area contributed by atoms with Crippen LogP contribution < -0.4 is 54.6 Å². The first kappa shape index (κ1) is 102. The minimum Gasteiger partial charge on any atom is -0.481 e. The van der Waals surface area contributed by atoms with Crippen molar-refractivity contribution in [2.24, 2.45) is 13.0 Å². The molecule has 16 heterocycles. The van der Waals surface area contributed by atoms with Gasteiger partial charge in [0, 0.05) is 263 Å². The van der Waals surface area contributed by atoms with Crippen LogP contribution in [-0.4, -0.2) is 237 Å². The lowest BCUT2D eigenvalue weighted by molar-refractivity contribution is -0.150. The number of aromatic amines is 3. The number of piperazine rings is 3. The summed E-state index contributed by atoms with van der Waals surface area (Å²) in [5, 5.41) is 11.1. The second-order valence-corrected chi connectivity index (χ2v) is 36.5. The number of H-pyrrole nitrogens is 3.